The minimum absolute atomic E-state index is 0.000816. The van der Waals surface area contributed by atoms with Crippen LogP contribution in [0.4, 0.5) is 0 Å². The van der Waals surface area contributed by atoms with Gasteiger partial charge in [0, 0.05) is 6.42 Å². The first kappa shape index (κ1) is 28.7. The summed E-state index contributed by atoms with van der Waals surface area (Å²) in [5, 5.41) is 0. The predicted octanol–water partition coefficient (Wildman–Crippen LogP) is 9.26. The molecule has 174 valence electrons. The smallest absolute Gasteiger partial charge is 0.305 e. The first-order chi connectivity index (χ1) is 14.8. The van der Waals surface area contributed by atoms with E-state index in [9.17, 15) is 4.79 Å². The van der Waals surface area contributed by atoms with Crippen molar-refractivity contribution in [1.82, 2.24) is 0 Å². The quantitative estimate of drug-likeness (QED) is 0.0994. The topological polar surface area (TPSA) is 26.3 Å². The number of carbonyl (C=O) groups is 1. The van der Waals surface area contributed by atoms with Crippen molar-refractivity contribution in [3.63, 3.8) is 0 Å². The van der Waals surface area contributed by atoms with Crippen LogP contribution in [-0.2, 0) is 9.53 Å². The summed E-state index contributed by atoms with van der Waals surface area (Å²) in [4.78, 5) is 11.7. The molecule has 30 heavy (non-hydrogen) atoms. The number of ether oxygens (including phenoxy) is 1. The molecule has 0 aromatic carbocycles. The van der Waals surface area contributed by atoms with Crippen molar-refractivity contribution < 1.29 is 9.53 Å². The average molecular weight is 419 g/mol. The maximum Gasteiger partial charge on any atom is 0.305 e. The fourth-order valence-corrected chi connectivity index (χ4v) is 3.38. The summed E-state index contributed by atoms with van der Waals surface area (Å²) in [5.74, 6) is -0.000816. The van der Waals surface area contributed by atoms with E-state index in [-0.39, 0.29) is 5.97 Å². The molecule has 2 nitrogen and oxygen atoms in total. The highest BCUT2D eigenvalue weighted by molar-refractivity contribution is 5.69. The van der Waals surface area contributed by atoms with E-state index >= 15 is 0 Å². The Morgan fingerprint density at radius 1 is 0.600 bits per heavy atom. The summed E-state index contributed by atoms with van der Waals surface area (Å²) in [5.41, 5.74) is 0. The van der Waals surface area contributed by atoms with Crippen LogP contribution in [-0.4, -0.2) is 12.6 Å². The molecule has 0 bridgehead atoms. The number of hydrogen-bond donors (Lipinski definition) is 0. The zero-order chi connectivity index (χ0) is 22.0. The third-order valence-corrected chi connectivity index (χ3v) is 5.29. The van der Waals surface area contributed by atoms with Crippen LogP contribution in [0.1, 0.15) is 129 Å². The van der Waals surface area contributed by atoms with Crippen molar-refractivity contribution in [2.45, 2.75) is 129 Å². The molecule has 0 amide bonds. The Balaban J connectivity index is 3.27. The Morgan fingerprint density at radius 3 is 1.80 bits per heavy atom. The van der Waals surface area contributed by atoms with Gasteiger partial charge in [0.2, 0.25) is 0 Å². The van der Waals surface area contributed by atoms with Crippen molar-refractivity contribution in [3.05, 3.63) is 36.5 Å². The van der Waals surface area contributed by atoms with Crippen LogP contribution in [0.15, 0.2) is 36.5 Å². The van der Waals surface area contributed by atoms with Gasteiger partial charge in [-0.05, 0) is 44.9 Å². The lowest BCUT2D eigenvalue weighted by Gasteiger charge is -2.05. The number of rotatable bonds is 22. The first-order valence-electron chi connectivity index (χ1n) is 12.9. The summed E-state index contributed by atoms with van der Waals surface area (Å²) >= 11 is 0. The average Bonchev–Trinajstić information content (AvgIpc) is 2.75. The van der Waals surface area contributed by atoms with Crippen molar-refractivity contribution >= 4 is 5.97 Å². The second-order valence-electron chi connectivity index (χ2n) is 8.30. The molecule has 0 N–H and O–H groups in total. The number of carbonyl (C=O) groups excluding carboxylic acids is 1. The lowest BCUT2D eigenvalue weighted by atomic mass is 10.1. The molecule has 0 radical (unpaired) electrons. The van der Waals surface area contributed by atoms with Gasteiger partial charge in [-0.2, -0.15) is 0 Å². The molecule has 0 spiro atoms. The third-order valence-electron chi connectivity index (χ3n) is 5.29. The van der Waals surface area contributed by atoms with Crippen LogP contribution in [0.25, 0.3) is 0 Å². The van der Waals surface area contributed by atoms with E-state index in [1.165, 1.54) is 70.6 Å². The van der Waals surface area contributed by atoms with Gasteiger partial charge in [0.25, 0.3) is 0 Å². The number of allylic oxidation sites excluding steroid dienone is 6. The lowest BCUT2D eigenvalue weighted by Crippen LogP contribution is -2.05. The first-order valence-corrected chi connectivity index (χ1v) is 12.9. The molecule has 0 aliphatic carbocycles. The van der Waals surface area contributed by atoms with Crippen LogP contribution in [0.5, 0.6) is 0 Å². The molecule has 0 saturated carbocycles. The fourth-order valence-electron chi connectivity index (χ4n) is 3.38. The SMILES string of the molecule is CC/C=C\C/C=C\C/C=C\CCCCCCCC(=O)OCCCCCCCCCC. The molecule has 0 rings (SSSR count). The van der Waals surface area contributed by atoms with Gasteiger partial charge >= 0.3 is 5.97 Å². The van der Waals surface area contributed by atoms with Gasteiger partial charge in [-0.1, -0.05) is 115 Å². The Labute approximate surface area is 188 Å². The molecule has 0 aromatic rings. The Kier molecular flexibility index (Phi) is 24.6. The second kappa shape index (κ2) is 25.7. The normalized spacial score (nSPS) is 11.9. The van der Waals surface area contributed by atoms with E-state index in [1.54, 1.807) is 0 Å². The number of esters is 1. The molecule has 0 aromatic heterocycles. The van der Waals surface area contributed by atoms with Gasteiger partial charge in [0.1, 0.15) is 0 Å². The predicted molar refractivity (Wildman–Crippen MR) is 133 cm³/mol. The summed E-state index contributed by atoms with van der Waals surface area (Å²) in [7, 11) is 0. The minimum Gasteiger partial charge on any atom is -0.466 e. The van der Waals surface area contributed by atoms with Crippen molar-refractivity contribution in [3.8, 4) is 0 Å². The standard InChI is InChI=1S/C28H50O2/c1-3-5-7-9-11-13-14-15-16-17-18-19-20-22-24-26-28(29)30-27-25-23-21-12-10-8-6-4-2/h5,7,11,13,15-16H,3-4,6,8-10,12,14,17-27H2,1-2H3/b7-5-,13-11-,16-15-. The number of unbranched alkanes of at least 4 members (excludes halogenated alkanes) is 12. The van der Waals surface area contributed by atoms with E-state index in [4.69, 9.17) is 4.74 Å². The monoisotopic (exact) mass is 418 g/mol. The van der Waals surface area contributed by atoms with Gasteiger partial charge in [-0.25, -0.2) is 0 Å². The van der Waals surface area contributed by atoms with Crippen LogP contribution in [0.3, 0.4) is 0 Å². The Morgan fingerprint density at radius 2 is 1.13 bits per heavy atom. The molecule has 2 heteroatoms. The highest BCUT2D eigenvalue weighted by Crippen LogP contribution is 2.10. The second-order valence-corrected chi connectivity index (χ2v) is 8.30. The zero-order valence-electron chi connectivity index (χ0n) is 20.2. The van der Waals surface area contributed by atoms with Crippen molar-refractivity contribution in [1.29, 1.82) is 0 Å². The Bertz CT molecular complexity index is 434. The Hall–Kier alpha value is -1.31. The molecule has 0 saturated heterocycles. The highest BCUT2D eigenvalue weighted by atomic mass is 16.5. The summed E-state index contributed by atoms with van der Waals surface area (Å²) in [6.45, 7) is 5.03. The van der Waals surface area contributed by atoms with E-state index < -0.39 is 0 Å². The van der Waals surface area contributed by atoms with Crippen molar-refractivity contribution in [2.24, 2.45) is 0 Å². The maximum atomic E-state index is 11.7. The minimum atomic E-state index is -0.000816. The molecule has 0 aliphatic heterocycles. The zero-order valence-corrected chi connectivity index (χ0v) is 20.2. The summed E-state index contributed by atoms with van der Waals surface area (Å²) < 4.78 is 5.35. The highest BCUT2D eigenvalue weighted by Gasteiger charge is 2.02. The van der Waals surface area contributed by atoms with Gasteiger partial charge in [-0.3, -0.25) is 4.79 Å². The molecule has 0 fully saturated rings. The van der Waals surface area contributed by atoms with Crippen LogP contribution < -0.4 is 0 Å². The largest absolute Gasteiger partial charge is 0.466 e. The molecular weight excluding hydrogens is 368 g/mol. The molecule has 0 aliphatic rings. The third kappa shape index (κ3) is 24.7. The summed E-state index contributed by atoms with van der Waals surface area (Å²) in [6.07, 6.45) is 34.5. The van der Waals surface area contributed by atoms with Gasteiger partial charge in [0.05, 0.1) is 6.61 Å². The lowest BCUT2D eigenvalue weighted by molar-refractivity contribution is -0.143. The van der Waals surface area contributed by atoms with Gasteiger partial charge in [-0.15, -0.1) is 0 Å². The summed E-state index contributed by atoms with van der Waals surface area (Å²) in [6, 6.07) is 0. The molecular formula is C28H50O2. The van der Waals surface area contributed by atoms with Crippen LogP contribution in [0.2, 0.25) is 0 Å². The molecule has 0 unspecified atom stereocenters. The number of hydrogen-bond acceptors (Lipinski definition) is 2. The van der Waals surface area contributed by atoms with Crippen LogP contribution in [0, 0.1) is 0 Å². The van der Waals surface area contributed by atoms with E-state index in [0.29, 0.717) is 13.0 Å². The molecule has 0 atom stereocenters. The van der Waals surface area contributed by atoms with Crippen LogP contribution >= 0.6 is 0 Å². The van der Waals surface area contributed by atoms with E-state index in [1.807, 2.05) is 0 Å². The molecule has 0 heterocycles. The van der Waals surface area contributed by atoms with Crippen molar-refractivity contribution in [2.75, 3.05) is 6.61 Å². The van der Waals surface area contributed by atoms with E-state index in [2.05, 4.69) is 50.3 Å². The van der Waals surface area contributed by atoms with Gasteiger partial charge < -0.3 is 4.74 Å². The van der Waals surface area contributed by atoms with Gasteiger partial charge in [0.15, 0.2) is 0 Å². The van der Waals surface area contributed by atoms with E-state index in [0.717, 1.165) is 38.5 Å². The maximum absolute atomic E-state index is 11.7. The fraction of sp³-hybridized carbons (Fsp3) is 0.750.